The summed E-state index contributed by atoms with van der Waals surface area (Å²) in [4.78, 5) is -0.242. The molecule has 233 valence electrons. The number of nitrogens with zero attached hydrogens (tertiary/aromatic N) is 4. The Morgan fingerprint density at radius 3 is 1.50 bits per heavy atom. The fourth-order valence-electron chi connectivity index (χ4n) is 3.28. The van der Waals surface area contributed by atoms with Gasteiger partial charge >= 0.3 is 0 Å². The number of fused-ring (bicyclic) bond motifs is 1. The maximum Gasteiger partial charge on any atom is 0.117 e. The number of azo groups is 2. The van der Waals surface area contributed by atoms with E-state index >= 15 is 0 Å². The third-order valence-electron chi connectivity index (χ3n) is 4.81. The molecule has 11 heteroatoms. The van der Waals surface area contributed by atoms with Crippen LogP contribution in [0.2, 0.25) is 0 Å². The highest BCUT2D eigenvalue weighted by Gasteiger charge is 2.24. The molecule has 3 N–H and O–H groups in total. The summed E-state index contributed by atoms with van der Waals surface area (Å²) >= 11 is 0. The van der Waals surface area contributed by atoms with Gasteiger partial charge < -0.3 is 13.7 Å². The van der Waals surface area contributed by atoms with Crippen molar-refractivity contribution in [3.8, 4) is 0 Å². The average Bonchev–Trinajstić information content (AvgIpc) is 3.07. The van der Waals surface area contributed by atoms with Crippen LogP contribution in [0, 0.1) is 0 Å². The normalized spacial score (nSPS) is 10.4. The van der Waals surface area contributed by atoms with Gasteiger partial charge in [0, 0.05) is 7.74 Å². The Labute approximate surface area is 271 Å². The Bertz CT molecular complexity index is 1370. The van der Waals surface area contributed by atoms with Gasteiger partial charge in [0.2, 0.25) is 0 Å². The zero-order valence-corrected chi connectivity index (χ0v) is 28.8. The number of benzene rings is 4. The van der Waals surface area contributed by atoms with Crippen LogP contribution in [0.4, 0.5) is 22.7 Å². The molecule has 0 bridgehead atoms. The first kappa shape index (κ1) is 42.9. The quantitative estimate of drug-likeness (QED) is 0.149. The average molecular weight is 613 g/mol. The predicted octanol–water partition coefficient (Wildman–Crippen LogP) is 11.0. The Morgan fingerprint density at radius 2 is 1.09 bits per heavy atom. The van der Waals surface area contributed by atoms with Gasteiger partial charge in [0.25, 0.3) is 0 Å². The van der Waals surface area contributed by atoms with E-state index in [-0.39, 0.29) is 16.0 Å². The van der Waals surface area contributed by atoms with E-state index in [0.717, 1.165) is 0 Å². The summed E-state index contributed by atoms with van der Waals surface area (Å²) in [6.45, 7) is 20.2. The molecule has 0 spiro atoms. The molecule has 0 amide bonds. The van der Waals surface area contributed by atoms with Crippen LogP contribution in [-0.4, -0.2) is 36.4 Å². The molecule has 4 rings (SSSR count). The largest absolute Gasteiger partial charge is 0.304 e. The van der Waals surface area contributed by atoms with Gasteiger partial charge in [-0.25, -0.2) is 0 Å². The van der Waals surface area contributed by atoms with Crippen molar-refractivity contribution in [2.45, 2.75) is 80.6 Å². The van der Waals surface area contributed by atoms with E-state index in [1.807, 2.05) is 91.8 Å². The fourth-order valence-corrected chi connectivity index (χ4v) is 3.98. The summed E-state index contributed by atoms with van der Waals surface area (Å²) in [5, 5.41) is 17.7. The zero-order valence-electron chi connectivity index (χ0n) is 28.0. The smallest absolute Gasteiger partial charge is 0.117 e. The fraction of sp³-hybridized carbons (Fsp3) is 0.333. The molecule has 0 saturated carbocycles. The van der Waals surface area contributed by atoms with Crippen LogP contribution in [0.5, 0.6) is 0 Å². The maximum atomic E-state index is 10.0. The molecule has 0 saturated heterocycles. The third-order valence-corrected chi connectivity index (χ3v) is 5.71. The van der Waals surface area contributed by atoms with Crippen molar-refractivity contribution in [3.05, 3.63) is 78.9 Å². The standard InChI is InChI=1S/C22H16B3N4O3S.C3H8.4C2H6/c23-20-19-14(11-12-17(21(19)25-24)28-26-15-7-3-1-4-8-15)13-18(33(30,31)32)22(20)29-27-16-9-5-2-6-10-16;1-3-2;4*1-2/h1-13,30-32H;3H2,1-2H3;4*1-2H3. The van der Waals surface area contributed by atoms with Crippen LogP contribution in [0.25, 0.3) is 10.8 Å². The van der Waals surface area contributed by atoms with Gasteiger partial charge in [-0.3, -0.25) is 0 Å². The SMILES string of the molecule is CC.CC.CC.CC.CCC.[B][B]c1c(N=Nc2ccccc2)ccc2cc(S(O)(O)O)c(N=Nc3ccccc3)c([B])c12. The van der Waals surface area contributed by atoms with Crippen LogP contribution in [0.1, 0.15) is 75.7 Å². The van der Waals surface area contributed by atoms with Crippen molar-refractivity contribution < 1.29 is 13.7 Å². The van der Waals surface area contributed by atoms with E-state index in [1.54, 1.807) is 36.4 Å². The molecule has 4 aromatic carbocycles. The molecule has 0 heterocycles. The molecule has 0 fully saturated rings. The molecular weight excluding hydrogens is 565 g/mol. The van der Waals surface area contributed by atoms with Crippen LogP contribution < -0.4 is 10.9 Å². The summed E-state index contributed by atoms with van der Waals surface area (Å²) < 4.78 is 30.0. The molecular formula is C33H48B3N4O3S. The van der Waals surface area contributed by atoms with Gasteiger partial charge in [0.1, 0.15) is 18.7 Å². The second-order valence-corrected chi connectivity index (χ2v) is 9.17. The van der Waals surface area contributed by atoms with Gasteiger partial charge in [-0.2, -0.15) is 15.3 Å². The predicted molar refractivity (Wildman–Crippen MR) is 197 cm³/mol. The molecule has 0 aliphatic rings. The molecule has 7 nitrogen and oxygen atoms in total. The second kappa shape index (κ2) is 25.1. The maximum absolute atomic E-state index is 10.0. The Morgan fingerprint density at radius 1 is 0.659 bits per heavy atom. The van der Waals surface area contributed by atoms with E-state index in [9.17, 15) is 13.7 Å². The number of rotatable bonds is 6. The van der Waals surface area contributed by atoms with Crippen molar-refractivity contribution >= 4 is 78.1 Å². The molecule has 0 aliphatic carbocycles. The van der Waals surface area contributed by atoms with E-state index in [2.05, 4.69) is 34.3 Å². The van der Waals surface area contributed by atoms with Crippen molar-refractivity contribution in [3.63, 3.8) is 0 Å². The first-order valence-electron chi connectivity index (χ1n) is 15.2. The van der Waals surface area contributed by atoms with Gasteiger partial charge in [0.05, 0.1) is 34.8 Å². The molecule has 44 heavy (non-hydrogen) atoms. The minimum atomic E-state index is -4.14. The first-order valence-corrected chi connectivity index (χ1v) is 16.7. The summed E-state index contributed by atoms with van der Waals surface area (Å²) in [5.41, 5.74) is 2.10. The molecule has 0 unspecified atom stereocenters. The van der Waals surface area contributed by atoms with E-state index < -0.39 is 10.9 Å². The molecule has 0 atom stereocenters. The highest BCUT2D eigenvalue weighted by molar-refractivity contribution is 8.19. The molecule has 4 aromatic rings. The lowest BCUT2D eigenvalue weighted by Crippen LogP contribution is -2.23. The number of hydrogen-bond acceptors (Lipinski definition) is 7. The van der Waals surface area contributed by atoms with Gasteiger partial charge in [0.15, 0.2) is 0 Å². The van der Waals surface area contributed by atoms with E-state index in [4.69, 9.17) is 15.6 Å². The summed E-state index contributed by atoms with van der Waals surface area (Å²) in [6, 6.07) is 22.8. The van der Waals surface area contributed by atoms with Crippen molar-refractivity contribution in [1.29, 1.82) is 0 Å². The minimum Gasteiger partial charge on any atom is -0.304 e. The highest BCUT2D eigenvalue weighted by Crippen LogP contribution is 2.49. The molecule has 0 aliphatic heterocycles. The minimum absolute atomic E-state index is 0.0599. The van der Waals surface area contributed by atoms with Crippen molar-refractivity contribution in [2.75, 3.05) is 0 Å². The van der Waals surface area contributed by atoms with E-state index in [1.165, 1.54) is 19.7 Å². The van der Waals surface area contributed by atoms with Gasteiger partial charge in [-0.15, -0.1) is 5.11 Å². The van der Waals surface area contributed by atoms with E-state index in [0.29, 0.717) is 33.3 Å². The van der Waals surface area contributed by atoms with Crippen LogP contribution in [0.15, 0.2) is 104 Å². The lowest BCUT2D eigenvalue weighted by molar-refractivity contribution is 0.376. The second-order valence-electron chi connectivity index (χ2n) is 7.70. The van der Waals surface area contributed by atoms with Gasteiger partial charge in [-0.1, -0.05) is 129 Å². The monoisotopic (exact) mass is 613 g/mol. The summed E-state index contributed by atoms with van der Waals surface area (Å²) in [7, 11) is 9.52. The van der Waals surface area contributed by atoms with Crippen LogP contribution >= 0.6 is 10.9 Å². The summed E-state index contributed by atoms with van der Waals surface area (Å²) in [5.74, 6) is 0. The highest BCUT2D eigenvalue weighted by atomic mass is 32.3. The Hall–Kier alpha value is -3.24. The molecule has 5 radical (unpaired) electrons. The van der Waals surface area contributed by atoms with Crippen molar-refractivity contribution in [1.82, 2.24) is 0 Å². The summed E-state index contributed by atoms with van der Waals surface area (Å²) in [6.07, 6.45) is 1.25. The van der Waals surface area contributed by atoms with Crippen LogP contribution in [-0.2, 0) is 0 Å². The Kier molecular flexibility index (Phi) is 24.5. The third kappa shape index (κ3) is 13.6. The van der Waals surface area contributed by atoms with Crippen LogP contribution in [0.3, 0.4) is 0 Å². The topological polar surface area (TPSA) is 110 Å². The van der Waals surface area contributed by atoms with Crippen molar-refractivity contribution in [2.24, 2.45) is 20.5 Å². The van der Waals surface area contributed by atoms with Gasteiger partial charge in [-0.05, 0) is 47.2 Å². The lowest BCUT2D eigenvalue weighted by Gasteiger charge is -2.24. The lowest BCUT2D eigenvalue weighted by atomic mass is 9.49. The Balaban J connectivity index is 0. The number of hydrogen-bond donors (Lipinski definition) is 3. The zero-order chi connectivity index (χ0) is 34.1. The molecule has 0 aromatic heterocycles. The first-order chi connectivity index (χ1) is 21.3.